The van der Waals surface area contributed by atoms with E-state index in [-0.39, 0.29) is 12.0 Å². The van der Waals surface area contributed by atoms with Crippen LogP contribution < -0.4 is 10.1 Å². The highest BCUT2D eigenvalue weighted by molar-refractivity contribution is 5.97. The number of unbranched alkanes of at least 4 members (excludes halogenated alkanes) is 2. The monoisotopic (exact) mass is 363 g/mol. The first-order valence-corrected chi connectivity index (χ1v) is 10.0. The summed E-state index contributed by atoms with van der Waals surface area (Å²) in [5.41, 5.74) is 2.06. The Labute approximate surface area is 159 Å². The van der Waals surface area contributed by atoms with E-state index in [1.54, 1.807) is 0 Å². The van der Waals surface area contributed by atoms with Crippen LogP contribution in [0, 0.1) is 13.8 Å². The summed E-state index contributed by atoms with van der Waals surface area (Å²) in [4.78, 5) is 12.9. The average Bonchev–Trinajstić information content (AvgIpc) is 2.58. The van der Waals surface area contributed by atoms with Crippen LogP contribution in [0.25, 0.3) is 0 Å². The molecule has 0 saturated heterocycles. The molecule has 26 heavy (non-hydrogen) atoms. The Morgan fingerprint density at radius 2 is 1.77 bits per heavy atom. The minimum atomic E-state index is -0.794. The predicted octanol–water partition coefficient (Wildman–Crippen LogP) is 5.79. The fourth-order valence-corrected chi connectivity index (χ4v) is 3.04. The topological polar surface area (TPSA) is 47.6 Å². The van der Waals surface area contributed by atoms with Crippen molar-refractivity contribution in [2.24, 2.45) is 0 Å². The molecule has 0 radical (unpaired) electrons. The molecule has 0 fully saturated rings. The van der Waals surface area contributed by atoms with Gasteiger partial charge >= 0.3 is 0 Å². The second kappa shape index (κ2) is 10.6. The van der Waals surface area contributed by atoms with Crippen molar-refractivity contribution in [2.75, 3.05) is 11.9 Å². The van der Waals surface area contributed by atoms with Gasteiger partial charge in [-0.15, -0.1) is 0 Å². The highest BCUT2D eigenvalue weighted by Gasteiger charge is 2.33. The smallest absolute Gasteiger partial charge is 0.256 e. The molecular weight excluding hydrogens is 326 g/mol. The van der Waals surface area contributed by atoms with Crippen molar-refractivity contribution in [1.29, 1.82) is 0 Å². The van der Waals surface area contributed by atoms with Crippen LogP contribution in [0.3, 0.4) is 0 Å². The molecule has 148 valence electrons. The normalized spacial score (nSPS) is 14.6. The minimum absolute atomic E-state index is 0.0788. The summed E-state index contributed by atoms with van der Waals surface area (Å²) in [5, 5.41) is 3.05. The second-order valence-electron chi connectivity index (χ2n) is 7.35. The van der Waals surface area contributed by atoms with Gasteiger partial charge in [0.2, 0.25) is 0 Å². The Balaban J connectivity index is 2.93. The molecule has 1 rings (SSSR count). The summed E-state index contributed by atoms with van der Waals surface area (Å²) in [6.45, 7) is 14.7. The van der Waals surface area contributed by atoms with E-state index in [0.29, 0.717) is 6.61 Å². The lowest BCUT2D eigenvalue weighted by molar-refractivity contribution is -0.139. The summed E-state index contributed by atoms with van der Waals surface area (Å²) in [5.74, 6) is 0.831. The first kappa shape index (κ1) is 22.5. The highest BCUT2D eigenvalue weighted by Crippen LogP contribution is 2.30. The molecule has 0 aliphatic carbocycles. The van der Waals surface area contributed by atoms with Crippen LogP contribution in [0.15, 0.2) is 12.1 Å². The molecule has 0 saturated carbocycles. The molecule has 0 bridgehead atoms. The number of nitrogens with one attached hydrogen (secondary N) is 1. The van der Waals surface area contributed by atoms with E-state index in [1.807, 2.05) is 39.8 Å². The minimum Gasteiger partial charge on any atom is -0.490 e. The number of carbonyl (C=O) groups is 1. The standard InChI is InChI=1S/C22H37NO3/c1-8-11-12-13-22(7,25-10-3)21(24)23-19-14-16(4)20(17(5)15-19)26-18(6)9-2/h14-15,18H,8-13H2,1-7H3,(H,23,24)/t18-,22+/m1/s1. The lowest BCUT2D eigenvalue weighted by atomic mass is 9.96. The largest absolute Gasteiger partial charge is 0.490 e. The molecule has 1 aromatic rings. The van der Waals surface area contributed by atoms with Gasteiger partial charge in [-0.25, -0.2) is 0 Å². The van der Waals surface area contributed by atoms with Gasteiger partial charge in [0, 0.05) is 12.3 Å². The van der Waals surface area contributed by atoms with Crippen LogP contribution in [0.1, 0.15) is 77.8 Å². The first-order chi connectivity index (χ1) is 12.3. The SMILES string of the molecule is CCCCC[C@](C)(OCC)C(=O)Nc1cc(C)c(O[C@H](C)CC)c(C)c1. The van der Waals surface area contributed by atoms with Crippen molar-refractivity contribution in [3.63, 3.8) is 0 Å². The van der Waals surface area contributed by atoms with Crippen molar-refractivity contribution < 1.29 is 14.3 Å². The number of hydrogen-bond acceptors (Lipinski definition) is 3. The molecule has 0 aliphatic rings. The Bertz CT molecular complexity index is 562. The molecule has 2 atom stereocenters. The van der Waals surface area contributed by atoms with Gasteiger partial charge in [-0.05, 0) is 70.7 Å². The van der Waals surface area contributed by atoms with Gasteiger partial charge in [0.15, 0.2) is 0 Å². The number of rotatable bonds is 11. The fourth-order valence-electron chi connectivity index (χ4n) is 3.04. The number of benzene rings is 1. The number of carbonyl (C=O) groups excluding carboxylic acids is 1. The zero-order valence-electron chi connectivity index (χ0n) is 17.7. The Morgan fingerprint density at radius 1 is 1.15 bits per heavy atom. The Kier molecular flexibility index (Phi) is 9.14. The number of aryl methyl sites for hydroxylation is 2. The molecule has 4 heteroatoms. The van der Waals surface area contributed by atoms with Gasteiger partial charge in [-0.2, -0.15) is 0 Å². The van der Waals surface area contributed by atoms with Crippen molar-refractivity contribution >= 4 is 11.6 Å². The maximum atomic E-state index is 12.9. The molecule has 0 aliphatic heterocycles. The van der Waals surface area contributed by atoms with Crippen molar-refractivity contribution in [3.05, 3.63) is 23.3 Å². The third-order valence-electron chi connectivity index (χ3n) is 4.81. The maximum absolute atomic E-state index is 12.9. The maximum Gasteiger partial charge on any atom is 0.256 e. The zero-order valence-corrected chi connectivity index (χ0v) is 17.7. The van der Waals surface area contributed by atoms with Gasteiger partial charge in [-0.1, -0.05) is 33.1 Å². The summed E-state index contributed by atoms with van der Waals surface area (Å²) in [7, 11) is 0. The Hall–Kier alpha value is -1.55. The zero-order chi connectivity index (χ0) is 19.7. The predicted molar refractivity (Wildman–Crippen MR) is 109 cm³/mol. The van der Waals surface area contributed by atoms with Gasteiger partial charge in [0.25, 0.3) is 5.91 Å². The lowest BCUT2D eigenvalue weighted by Gasteiger charge is -2.28. The molecule has 0 spiro atoms. The van der Waals surface area contributed by atoms with Gasteiger partial charge in [0.1, 0.15) is 11.4 Å². The van der Waals surface area contributed by atoms with Crippen LogP contribution in [0.4, 0.5) is 5.69 Å². The molecule has 4 nitrogen and oxygen atoms in total. The fraction of sp³-hybridized carbons (Fsp3) is 0.682. The summed E-state index contributed by atoms with van der Waals surface area (Å²) >= 11 is 0. The summed E-state index contributed by atoms with van der Waals surface area (Å²) < 4.78 is 11.8. The molecule has 1 amide bonds. The van der Waals surface area contributed by atoms with E-state index in [9.17, 15) is 4.79 Å². The van der Waals surface area contributed by atoms with Crippen molar-refractivity contribution in [2.45, 2.75) is 92.3 Å². The van der Waals surface area contributed by atoms with Crippen LogP contribution >= 0.6 is 0 Å². The van der Waals surface area contributed by atoms with Crippen LogP contribution in [-0.2, 0) is 9.53 Å². The van der Waals surface area contributed by atoms with E-state index in [0.717, 1.165) is 54.7 Å². The van der Waals surface area contributed by atoms with E-state index in [1.165, 1.54) is 0 Å². The molecule has 0 heterocycles. The lowest BCUT2D eigenvalue weighted by Crippen LogP contribution is -2.42. The molecule has 1 aromatic carbocycles. The average molecular weight is 364 g/mol. The number of amides is 1. The van der Waals surface area contributed by atoms with Crippen molar-refractivity contribution in [1.82, 2.24) is 0 Å². The van der Waals surface area contributed by atoms with Gasteiger partial charge in [-0.3, -0.25) is 4.79 Å². The van der Waals surface area contributed by atoms with E-state index >= 15 is 0 Å². The van der Waals surface area contributed by atoms with E-state index < -0.39 is 5.60 Å². The molecule has 0 aromatic heterocycles. The number of ether oxygens (including phenoxy) is 2. The third kappa shape index (κ3) is 6.31. The van der Waals surface area contributed by atoms with Crippen molar-refractivity contribution in [3.8, 4) is 5.75 Å². The molecular formula is C22H37NO3. The van der Waals surface area contributed by atoms with Crippen LogP contribution in [-0.4, -0.2) is 24.2 Å². The second-order valence-corrected chi connectivity index (χ2v) is 7.35. The third-order valence-corrected chi connectivity index (χ3v) is 4.81. The van der Waals surface area contributed by atoms with Gasteiger partial charge in [0.05, 0.1) is 6.10 Å². The summed E-state index contributed by atoms with van der Waals surface area (Å²) in [6.07, 6.45) is 5.08. The molecule has 1 N–H and O–H groups in total. The number of hydrogen-bond donors (Lipinski definition) is 1. The van der Waals surface area contributed by atoms with Crippen LogP contribution in [0.5, 0.6) is 5.75 Å². The number of anilines is 1. The van der Waals surface area contributed by atoms with E-state index in [4.69, 9.17) is 9.47 Å². The first-order valence-electron chi connectivity index (χ1n) is 10.0. The summed E-state index contributed by atoms with van der Waals surface area (Å²) in [6, 6.07) is 3.95. The highest BCUT2D eigenvalue weighted by atomic mass is 16.5. The quantitative estimate of drug-likeness (QED) is 0.506. The Morgan fingerprint density at radius 3 is 2.27 bits per heavy atom. The molecule has 0 unspecified atom stereocenters. The van der Waals surface area contributed by atoms with E-state index in [2.05, 4.69) is 26.1 Å². The van der Waals surface area contributed by atoms with Crippen LogP contribution in [0.2, 0.25) is 0 Å². The van der Waals surface area contributed by atoms with Gasteiger partial charge < -0.3 is 14.8 Å².